The first-order valence-corrected chi connectivity index (χ1v) is 8.86. The summed E-state index contributed by atoms with van der Waals surface area (Å²) in [5.41, 5.74) is 1.51. The second kappa shape index (κ2) is 5.03. The van der Waals surface area contributed by atoms with Crippen molar-refractivity contribution in [3.8, 4) is 0 Å². The quantitative estimate of drug-likeness (QED) is 0.777. The van der Waals surface area contributed by atoms with Crippen molar-refractivity contribution >= 4 is 0 Å². The average molecular weight is 348 g/mol. The molecule has 1 spiro atoms. The zero-order valence-electron chi connectivity index (χ0n) is 15.0. The fraction of sp³-hybridized carbons (Fsp3) is 0.684. The van der Waals surface area contributed by atoms with E-state index >= 15 is 0 Å². The Labute approximate surface area is 147 Å². The van der Waals surface area contributed by atoms with Gasteiger partial charge in [-0.1, -0.05) is 24.3 Å². The van der Waals surface area contributed by atoms with E-state index in [-0.39, 0.29) is 18.3 Å². The molecule has 3 saturated heterocycles. The summed E-state index contributed by atoms with van der Waals surface area (Å²) in [6, 6.07) is 8.23. The van der Waals surface area contributed by atoms with Gasteiger partial charge in [0, 0.05) is 0 Å². The molecule has 1 aromatic rings. The van der Waals surface area contributed by atoms with Crippen molar-refractivity contribution in [2.75, 3.05) is 6.61 Å². The van der Waals surface area contributed by atoms with E-state index in [1.165, 1.54) is 0 Å². The van der Waals surface area contributed by atoms with Gasteiger partial charge in [-0.2, -0.15) is 0 Å². The van der Waals surface area contributed by atoms with Crippen LogP contribution in [0.3, 0.4) is 0 Å². The fourth-order valence-corrected chi connectivity index (χ4v) is 4.53. The maximum Gasteiger partial charge on any atom is 0.191 e. The van der Waals surface area contributed by atoms with Crippen molar-refractivity contribution in [1.82, 2.24) is 0 Å². The topological polar surface area (TPSA) is 55.4 Å². The van der Waals surface area contributed by atoms with Gasteiger partial charge in [-0.3, -0.25) is 0 Å². The largest absolute Gasteiger partial charge is 0.360 e. The van der Waals surface area contributed by atoms with Gasteiger partial charge in [-0.15, -0.1) is 0 Å². The molecule has 0 saturated carbocycles. The minimum absolute atomic E-state index is 0.248. The lowest BCUT2D eigenvalue weighted by atomic mass is 9.82. The van der Waals surface area contributed by atoms with E-state index < -0.39 is 23.5 Å². The molecule has 0 N–H and O–H groups in total. The Morgan fingerprint density at radius 1 is 0.880 bits per heavy atom. The van der Waals surface area contributed by atoms with Crippen LogP contribution in [-0.4, -0.2) is 42.8 Å². The van der Waals surface area contributed by atoms with Crippen molar-refractivity contribution < 1.29 is 28.4 Å². The van der Waals surface area contributed by atoms with E-state index in [2.05, 4.69) is 12.1 Å². The van der Waals surface area contributed by atoms with Gasteiger partial charge in [-0.05, 0) is 38.8 Å². The lowest BCUT2D eigenvalue weighted by Crippen LogP contribution is -2.51. The predicted octanol–water partition coefficient (Wildman–Crippen LogP) is 2.44. The Kier molecular flexibility index (Phi) is 3.25. The Balaban J connectivity index is 1.59. The van der Waals surface area contributed by atoms with Crippen LogP contribution in [0.15, 0.2) is 24.3 Å². The first-order valence-electron chi connectivity index (χ1n) is 8.86. The number of benzene rings is 1. The summed E-state index contributed by atoms with van der Waals surface area (Å²) < 4.78 is 36.9. The molecule has 4 heterocycles. The maximum atomic E-state index is 6.41. The SMILES string of the molecule is CC1(C)OC[C@H]([C@H]2O[C@@H]3OC(C)(C)O[C@@H]3[C@]23OCc2ccccc23)O1. The summed E-state index contributed by atoms with van der Waals surface area (Å²) in [7, 11) is 0. The van der Waals surface area contributed by atoms with Crippen molar-refractivity contribution in [2.45, 2.75) is 76.1 Å². The highest BCUT2D eigenvalue weighted by atomic mass is 16.9. The summed E-state index contributed by atoms with van der Waals surface area (Å²) in [5.74, 6) is -1.34. The van der Waals surface area contributed by atoms with E-state index in [4.69, 9.17) is 28.4 Å². The Morgan fingerprint density at radius 2 is 1.68 bits per heavy atom. The first-order chi connectivity index (χ1) is 11.8. The van der Waals surface area contributed by atoms with Gasteiger partial charge in [0.2, 0.25) is 0 Å². The van der Waals surface area contributed by atoms with Crippen molar-refractivity contribution in [3.05, 3.63) is 35.4 Å². The smallest absolute Gasteiger partial charge is 0.191 e. The van der Waals surface area contributed by atoms with E-state index in [0.717, 1.165) is 11.1 Å². The molecule has 5 atom stereocenters. The van der Waals surface area contributed by atoms with Gasteiger partial charge < -0.3 is 28.4 Å². The Morgan fingerprint density at radius 3 is 2.44 bits per heavy atom. The molecule has 5 rings (SSSR count). The molecular weight excluding hydrogens is 324 g/mol. The number of hydrogen-bond donors (Lipinski definition) is 0. The van der Waals surface area contributed by atoms with Crippen molar-refractivity contribution in [1.29, 1.82) is 0 Å². The molecule has 4 aliphatic heterocycles. The molecule has 0 bridgehead atoms. The molecule has 4 aliphatic rings. The standard InChI is InChI=1S/C19H24O6/c1-17(2)20-10-13(23-17)14-19(12-8-6-5-7-11(12)9-21-19)15-16(22-14)25-18(3,4)24-15/h5-8,13-16H,9-10H2,1-4H3/t13-,14-,15+,16-,19-/m1/s1. The van der Waals surface area contributed by atoms with E-state index in [0.29, 0.717) is 13.2 Å². The number of ether oxygens (including phenoxy) is 6. The Bertz CT molecular complexity index is 701. The highest BCUT2D eigenvalue weighted by Gasteiger charge is 2.69. The molecule has 0 unspecified atom stereocenters. The number of fused-ring (bicyclic) bond motifs is 4. The minimum Gasteiger partial charge on any atom is -0.360 e. The van der Waals surface area contributed by atoms with Crippen LogP contribution < -0.4 is 0 Å². The lowest BCUT2D eigenvalue weighted by Gasteiger charge is -2.37. The third kappa shape index (κ3) is 2.25. The third-order valence-electron chi connectivity index (χ3n) is 5.46. The molecule has 6 heteroatoms. The highest BCUT2D eigenvalue weighted by molar-refractivity contribution is 5.40. The molecule has 0 aliphatic carbocycles. The van der Waals surface area contributed by atoms with Gasteiger partial charge in [0.1, 0.15) is 18.3 Å². The molecular formula is C19H24O6. The van der Waals surface area contributed by atoms with Gasteiger partial charge in [0.25, 0.3) is 0 Å². The van der Waals surface area contributed by atoms with Gasteiger partial charge in [-0.25, -0.2) is 0 Å². The molecule has 25 heavy (non-hydrogen) atoms. The molecule has 3 fully saturated rings. The van der Waals surface area contributed by atoms with Crippen LogP contribution in [0.5, 0.6) is 0 Å². The predicted molar refractivity (Wildman–Crippen MR) is 86.5 cm³/mol. The van der Waals surface area contributed by atoms with E-state index in [1.807, 2.05) is 39.8 Å². The summed E-state index contributed by atoms with van der Waals surface area (Å²) in [4.78, 5) is 0. The fourth-order valence-electron chi connectivity index (χ4n) is 4.53. The van der Waals surface area contributed by atoms with Crippen LogP contribution in [0.25, 0.3) is 0 Å². The van der Waals surface area contributed by atoms with Crippen LogP contribution >= 0.6 is 0 Å². The van der Waals surface area contributed by atoms with Gasteiger partial charge in [0.15, 0.2) is 23.5 Å². The van der Waals surface area contributed by atoms with Crippen LogP contribution in [-0.2, 0) is 40.6 Å². The summed E-state index contributed by atoms with van der Waals surface area (Å²) in [6.07, 6.45) is -1.44. The van der Waals surface area contributed by atoms with E-state index in [1.54, 1.807) is 0 Å². The zero-order valence-corrected chi connectivity index (χ0v) is 15.0. The molecule has 0 radical (unpaired) electrons. The van der Waals surface area contributed by atoms with E-state index in [9.17, 15) is 0 Å². The van der Waals surface area contributed by atoms with Crippen LogP contribution in [0.2, 0.25) is 0 Å². The third-order valence-corrected chi connectivity index (χ3v) is 5.46. The number of hydrogen-bond acceptors (Lipinski definition) is 6. The van der Waals surface area contributed by atoms with Gasteiger partial charge >= 0.3 is 0 Å². The summed E-state index contributed by atoms with van der Waals surface area (Å²) in [5, 5.41) is 0. The van der Waals surface area contributed by atoms with Crippen LogP contribution in [0.4, 0.5) is 0 Å². The normalized spacial score (nSPS) is 43.5. The monoisotopic (exact) mass is 348 g/mol. The van der Waals surface area contributed by atoms with Crippen molar-refractivity contribution in [3.63, 3.8) is 0 Å². The summed E-state index contributed by atoms with van der Waals surface area (Å²) in [6.45, 7) is 8.60. The molecule has 136 valence electrons. The minimum atomic E-state index is -0.747. The zero-order chi connectivity index (χ0) is 17.4. The summed E-state index contributed by atoms with van der Waals surface area (Å²) >= 11 is 0. The highest BCUT2D eigenvalue weighted by Crippen LogP contribution is 2.55. The van der Waals surface area contributed by atoms with Crippen molar-refractivity contribution in [2.24, 2.45) is 0 Å². The Hall–Kier alpha value is -1.02. The maximum absolute atomic E-state index is 6.41. The average Bonchev–Trinajstić information content (AvgIpc) is 3.24. The van der Waals surface area contributed by atoms with Crippen LogP contribution in [0.1, 0.15) is 38.8 Å². The molecule has 0 amide bonds. The number of rotatable bonds is 1. The molecule has 1 aromatic carbocycles. The molecule has 6 nitrogen and oxygen atoms in total. The second-order valence-electron chi connectivity index (χ2n) is 8.09. The lowest BCUT2D eigenvalue weighted by molar-refractivity contribution is -0.256. The second-order valence-corrected chi connectivity index (χ2v) is 8.09. The first kappa shape index (κ1) is 16.2. The molecule has 0 aromatic heterocycles. The van der Waals surface area contributed by atoms with Crippen LogP contribution in [0, 0.1) is 0 Å². The van der Waals surface area contributed by atoms with Gasteiger partial charge in [0.05, 0.1) is 13.2 Å².